The molecule has 0 aliphatic carbocycles. The highest BCUT2D eigenvalue weighted by Crippen LogP contribution is 2.17. The first-order valence-electron chi connectivity index (χ1n) is 7.61. The van der Waals surface area contributed by atoms with E-state index in [9.17, 15) is 9.59 Å². The van der Waals surface area contributed by atoms with Crippen molar-refractivity contribution in [2.45, 2.75) is 45.8 Å². The molecule has 1 aromatic rings. The fraction of sp³-hybridized carbons (Fsp3) is 0.529. The van der Waals surface area contributed by atoms with Gasteiger partial charge >= 0.3 is 6.09 Å². The summed E-state index contributed by atoms with van der Waals surface area (Å²) < 4.78 is 10.2. The van der Waals surface area contributed by atoms with Gasteiger partial charge < -0.3 is 20.1 Å². The minimum Gasteiger partial charge on any atom is -0.497 e. The summed E-state index contributed by atoms with van der Waals surface area (Å²) in [7, 11) is 1.61. The van der Waals surface area contributed by atoms with Crippen molar-refractivity contribution >= 4 is 12.0 Å². The van der Waals surface area contributed by atoms with Crippen LogP contribution in [0.3, 0.4) is 0 Å². The Kier molecular flexibility index (Phi) is 6.88. The molecule has 0 bridgehead atoms. The SMILES string of the molecule is COc1ccc([C@@H](C)NC(=O)CCNC(=O)OC(C)(C)C)cc1. The van der Waals surface area contributed by atoms with Crippen LogP contribution in [0.4, 0.5) is 4.79 Å². The van der Waals surface area contributed by atoms with E-state index < -0.39 is 11.7 Å². The van der Waals surface area contributed by atoms with E-state index in [1.807, 2.05) is 31.2 Å². The quantitative estimate of drug-likeness (QED) is 0.844. The Morgan fingerprint density at radius 3 is 2.30 bits per heavy atom. The standard InChI is InChI=1S/C17H26N2O4/c1-12(13-6-8-14(22-5)9-7-13)19-15(20)10-11-18-16(21)23-17(2,3)4/h6-9,12H,10-11H2,1-5H3,(H,18,21)(H,19,20)/t12-/m1/s1. The van der Waals surface area contributed by atoms with Gasteiger partial charge in [-0.05, 0) is 45.4 Å². The minimum absolute atomic E-state index is 0.116. The van der Waals surface area contributed by atoms with E-state index in [4.69, 9.17) is 9.47 Å². The molecule has 0 saturated carbocycles. The molecule has 0 aromatic heterocycles. The lowest BCUT2D eigenvalue weighted by atomic mass is 10.1. The van der Waals surface area contributed by atoms with Gasteiger partial charge in [0.2, 0.25) is 5.91 Å². The average Bonchev–Trinajstić information content (AvgIpc) is 2.45. The normalized spacial score (nSPS) is 12.2. The zero-order chi connectivity index (χ0) is 17.5. The van der Waals surface area contributed by atoms with Crippen LogP contribution in [0.1, 0.15) is 45.7 Å². The summed E-state index contributed by atoms with van der Waals surface area (Å²) in [6, 6.07) is 7.39. The number of methoxy groups -OCH3 is 1. The molecule has 0 aliphatic rings. The molecule has 23 heavy (non-hydrogen) atoms. The Morgan fingerprint density at radius 2 is 1.78 bits per heavy atom. The first-order valence-corrected chi connectivity index (χ1v) is 7.61. The van der Waals surface area contributed by atoms with E-state index in [1.165, 1.54) is 0 Å². The number of rotatable bonds is 6. The third-order valence-electron chi connectivity index (χ3n) is 3.01. The molecule has 6 heteroatoms. The molecule has 0 unspecified atom stereocenters. The van der Waals surface area contributed by atoms with Gasteiger partial charge in [-0.15, -0.1) is 0 Å². The van der Waals surface area contributed by atoms with Gasteiger partial charge in [-0.2, -0.15) is 0 Å². The van der Waals surface area contributed by atoms with E-state index in [-0.39, 0.29) is 24.9 Å². The summed E-state index contributed by atoms with van der Waals surface area (Å²) in [4.78, 5) is 23.4. The van der Waals surface area contributed by atoms with Gasteiger partial charge in [0.1, 0.15) is 11.4 Å². The van der Waals surface area contributed by atoms with Crippen LogP contribution in [-0.4, -0.2) is 31.3 Å². The molecule has 1 rings (SSSR count). The molecule has 6 nitrogen and oxygen atoms in total. The van der Waals surface area contributed by atoms with Crippen LogP contribution >= 0.6 is 0 Å². The number of alkyl carbamates (subject to hydrolysis) is 1. The van der Waals surface area contributed by atoms with Crippen LogP contribution in [0.2, 0.25) is 0 Å². The van der Waals surface area contributed by atoms with E-state index >= 15 is 0 Å². The lowest BCUT2D eigenvalue weighted by Crippen LogP contribution is -2.35. The second-order valence-electron chi connectivity index (χ2n) is 6.24. The summed E-state index contributed by atoms with van der Waals surface area (Å²) in [5.74, 6) is 0.637. The number of ether oxygens (including phenoxy) is 2. The molecule has 0 saturated heterocycles. The highest BCUT2D eigenvalue weighted by atomic mass is 16.6. The highest BCUT2D eigenvalue weighted by molar-refractivity contribution is 5.77. The monoisotopic (exact) mass is 322 g/mol. The molecule has 0 spiro atoms. The van der Waals surface area contributed by atoms with Crippen molar-refractivity contribution in [3.8, 4) is 5.75 Å². The van der Waals surface area contributed by atoms with Crippen LogP contribution in [0.5, 0.6) is 5.75 Å². The molecule has 0 aliphatic heterocycles. The second-order valence-corrected chi connectivity index (χ2v) is 6.24. The summed E-state index contributed by atoms with van der Waals surface area (Å²) in [6.07, 6.45) is -0.326. The zero-order valence-corrected chi connectivity index (χ0v) is 14.4. The van der Waals surface area contributed by atoms with Crippen LogP contribution in [0, 0.1) is 0 Å². The minimum atomic E-state index is -0.546. The molecule has 2 N–H and O–H groups in total. The zero-order valence-electron chi connectivity index (χ0n) is 14.4. The number of carbonyl (C=O) groups is 2. The molecule has 128 valence electrons. The molecule has 0 radical (unpaired) electrons. The summed E-state index contributed by atoms with van der Waals surface area (Å²) in [6.45, 7) is 7.50. The Balaban J connectivity index is 2.34. The summed E-state index contributed by atoms with van der Waals surface area (Å²) in [5, 5.41) is 5.44. The van der Waals surface area contributed by atoms with Gasteiger partial charge in [0, 0.05) is 13.0 Å². The summed E-state index contributed by atoms with van der Waals surface area (Å²) >= 11 is 0. The smallest absolute Gasteiger partial charge is 0.407 e. The van der Waals surface area contributed by atoms with Gasteiger partial charge in [-0.1, -0.05) is 12.1 Å². The van der Waals surface area contributed by atoms with E-state index in [2.05, 4.69) is 10.6 Å². The number of nitrogens with one attached hydrogen (secondary N) is 2. The van der Waals surface area contributed by atoms with Crippen molar-refractivity contribution in [2.24, 2.45) is 0 Å². The Hall–Kier alpha value is -2.24. The molecular weight excluding hydrogens is 296 g/mol. The van der Waals surface area contributed by atoms with Crippen LogP contribution in [-0.2, 0) is 9.53 Å². The van der Waals surface area contributed by atoms with Crippen molar-refractivity contribution in [2.75, 3.05) is 13.7 Å². The Morgan fingerprint density at radius 1 is 1.17 bits per heavy atom. The first kappa shape index (κ1) is 18.8. The van der Waals surface area contributed by atoms with Gasteiger partial charge in [0.25, 0.3) is 0 Å². The summed E-state index contributed by atoms with van der Waals surface area (Å²) in [5.41, 5.74) is 0.439. The maximum atomic E-state index is 11.9. The van der Waals surface area contributed by atoms with E-state index in [0.717, 1.165) is 11.3 Å². The predicted octanol–water partition coefficient (Wildman–Crippen LogP) is 2.79. The van der Waals surface area contributed by atoms with Gasteiger partial charge in [0.05, 0.1) is 13.2 Å². The van der Waals surface area contributed by atoms with Gasteiger partial charge in [0.15, 0.2) is 0 Å². The van der Waals surface area contributed by atoms with Crippen molar-refractivity contribution in [3.63, 3.8) is 0 Å². The van der Waals surface area contributed by atoms with Gasteiger partial charge in [-0.3, -0.25) is 4.79 Å². The number of amides is 2. The lowest BCUT2D eigenvalue weighted by molar-refractivity contribution is -0.121. The van der Waals surface area contributed by atoms with Crippen molar-refractivity contribution < 1.29 is 19.1 Å². The van der Waals surface area contributed by atoms with Crippen molar-refractivity contribution in [1.82, 2.24) is 10.6 Å². The fourth-order valence-electron chi connectivity index (χ4n) is 1.88. The van der Waals surface area contributed by atoms with Crippen LogP contribution < -0.4 is 15.4 Å². The van der Waals surface area contributed by atoms with Crippen LogP contribution in [0.25, 0.3) is 0 Å². The Bertz CT molecular complexity index is 520. The van der Waals surface area contributed by atoms with E-state index in [1.54, 1.807) is 27.9 Å². The van der Waals surface area contributed by atoms with Crippen LogP contribution in [0.15, 0.2) is 24.3 Å². The van der Waals surface area contributed by atoms with Gasteiger partial charge in [-0.25, -0.2) is 4.79 Å². The van der Waals surface area contributed by atoms with Crippen molar-refractivity contribution in [3.05, 3.63) is 29.8 Å². The highest BCUT2D eigenvalue weighted by Gasteiger charge is 2.16. The number of carbonyl (C=O) groups excluding carboxylic acids is 2. The molecular formula is C17H26N2O4. The first-order chi connectivity index (χ1) is 10.7. The number of hydrogen-bond acceptors (Lipinski definition) is 4. The second kappa shape index (κ2) is 8.41. The molecule has 1 aromatic carbocycles. The largest absolute Gasteiger partial charge is 0.497 e. The fourth-order valence-corrected chi connectivity index (χ4v) is 1.88. The third-order valence-corrected chi connectivity index (χ3v) is 3.01. The third kappa shape index (κ3) is 7.54. The number of benzene rings is 1. The molecule has 0 fully saturated rings. The number of hydrogen-bond donors (Lipinski definition) is 2. The predicted molar refractivity (Wildman–Crippen MR) is 88.4 cm³/mol. The average molecular weight is 322 g/mol. The van der Waals surface area contributed by atoms with Crippen molar-refractivity contribution in [1.29, 1.82) is 0 Å². The maximum absolute atomic E-state index is 11.9. The molecule has 0 heterocycles. The lowest BCUT2D eigenvalue weighted by Gasteiger charge is -2.19. The molecule has 2 amide bonds. The maximum Gasteiger partial charge on any atom is 0.407 e. The van der Waals surface area contributed by atoms with E-state index in [0.29, 0.717) is 0 Å². The molecule has 1 atom stereocenters. The topological polar surface area (TPSA) is 76.7 Å². The Labute approximate surface area is 137 Å².